The molecule has 0 saturated carbocycles. The van der Waals surface area contributed by atoms with Gasteiger partial charge in [-0.15, -0.1) is 11.3 Å². The highest BCUT2D eigenvalue weighted by Gasteiger charge is 2.16. The Morgan fingerprint density at radius 2 is 2.50 bits per heavy atom. The molecule has 0 radical (unpaired) electrons. The molecule has 0 aliphatic carbocycles. The molecule has 0 spiro atoms. The zero-order valence-electron chi connectivity index (χ0n) is 7.28. The van der Waals surface area contributed by atoms with Crippen molar-refractivity contribution >= 4 is 46.4 Å². The minimum absolute atomic E-state index is 0.260. The van der Waals surface area contributed by atoms with Crippen LogP contribution in [0.15, 0.2) is 11.1 Å². The van der Waals surface area contributed by atoms with Gasteiger partial charge in [-0.25, -0.2) is 0 Å². The summed E-state index contributed by atoms with van der Waals surface area (Å²) in [6.07, 6.45) is 1.07. The van der Waals surface area contributed by atoms with Crippen LogP contribution in [0.3, 0.4) is 0 Å². The van der Waals surface area contributed by atoms with E-state index in [-0.39, 0.29) is 5.91 Å². The molecule has 14 heavy (non-hydrogen) atoms. The molecule has 2 nitrogen and oxygen atoms in total. The summed E-state index contributed by atoms with van der Waals surface area (Å²) < 4.78 is 0. The van der Waals surface area contributed by atoms with Crippen molar-refractivity contribution in [2.24, 2.45) is 4.99 Å². The monoisotopic (exact) mass is 241 g/mol. The number of fused-ring (bicyclic) bond motifs is 1. The van der Waals surface area contributed by atoms with Crippen LogP contribution in [0.1, 0.15) is 20.1 Å². The summed E-state index contributed by atoms with van der Waals surface area (Å²) in [5, 5.41) is 2.11. The van der Waals surface area contributed by atoms with Gasteiger partial charge in [0.05, 0.1) is 10.0 Å². The number of hydrogen-bond acceptors (Lipinski definition) is 4. The molecule has 1 aromatic heterocycles. The Morgan fingerprint density at radius 1 is 1.64 bits per heavy atom. The number of amides is 1. The number of aliphatic imine (C=N–C) groups is 1. The van der Waals surface area contributed by atoms with Crippen LogP contribution in [-0.4, -0.2) is 16.8 Å². The lowest BCUT2D eigenvalue weighted by Crippen LogP contribution is -1.96. The topological polar surface area (TPSA) is 29.4 Å². The van der Waals surface area contributed by atoms with E-state index in [0.29, 0.717) is 4.88 Å². The highest BCUT2D eigenvalue weighted by molar-refractivity contribution is 7.98. The summed E-state index contributed by atoms with van der Waals surface area (Å²) in [5.74, 6) is 1.90. The third-order valence-corrected chi connectivity index (χ3v) is 4.31. The fourth-order valence-corrected chi connectivity index (χ4v) is 3.69. The zero-order valence-corrected chi connectivity index (χ0v) is 9.73. The van der Waals surface area contributed by atoms with Crippen LogP contribution < -0.4 is 0 Å². The Kier molecular flexibility index (Phi) is 3.13. The quantitative estimate of drug-likeness (QED) is 0.559. The maximum Gasteiger partial charge on any atom is 0.295 e. The summed E-state index contributed by atoms with van der Waals surface area (Å²) in [5.41, 5.74) is 1.29. The highest BCUT2D eigenvalue weighted by atomic mass is 32.2. The van der Waals surface area contributed by atoms with Crippen LogP contribution in [-0.2, 0) is 12.2 Å². The van der Waals surface area contributed by atoms with Crippen molar-refractivity contribution in [2.45, 2.75) is 12.2 Å². The molecule has 5 heteroatoms. The zero-order chi connectivity index (χ0) is 9.97. The minimum Gasteiger partial charge on any atom is -0.265 e. The van der Waals surface area contributed by atoms with Gasteiger partial charge in [0.2, 0.25) is 0 Å². The normalized spacial score (nSPS) is 14.3. The van der Waals surface area contributed by atoms with Crippen molar-refractivity contribution in [1.82, 2.24) is 0 Å². The van der Waals surface area contributed by atoms with E-state index >= 15 is 0 Å². The predicted octanol–water partition coefficient (Wildman–Crippen LogP) is 2.78. The smallest absolute Gasteiger partial charge is 0.265 e. The van der Waals surface area contributed by atoms with Gasteiger partial charge in [0.15, 0.2) is 0 Å². The number of nitrogens with zero attached hydrogens (tertiary/aromatic N) is 1. The Bertz CT molecular complexity index is 394. The van der Waals surface area contributed by atoms with Crippen molar-refractivity contribution in [1.29, 1.82) is 0 Å². The average molecular weight is 241 g/mol. The Morgan fingerprint density at radius 3 is 3.21 bits per heavy atom. The predicted molar refractivity (Wildman–Crippen MR) is 63.5 cm³/mol. The summed E-state index contributed by atoms with van der Waals surface area (Å²) in [6.45, 7) is 0. The third kappa shape index (κ3) is 1.96. The number of hydrogen-bond donors (Lipinski definition) is 0. The molecule has 0 aromatic carbocycles. The maximum absolute atomic E-state index is 11.4. The molecule has 0 bridgehead atoms. The summed E-state index contributed by atoms with van der Waals surface area (Å²) in [6, 6.07) is 1.94. The Labute approximate surface area is 95.4 Å². The van der Waals surface area contributed by atoms with E-state index in [1.165, 1.54) is 10.4 Å². The van der Waals surface area contributed by atoms with Gasteiger partial charge in [-0.3, -0.25) is 4.79 Å². The van der Waals surface area contributed by atoms with Crippen molar-refractivity contribution in [2.75, 3.05) is 5.75 Å². The number of thiophene rings is 1. The van der Waals surface area contributed by atoms with Gasteiger partial charge in [-0.05, 0) is 36.0 Å². The van der Waals surface area contributed by atoms with Gasteiger partial charge >= 0.3 is 0 Å². The van der Waals surface area contributed by atoms with Crippen molar-refractivity contribution in [3.05, 3.63) is 21.4 Å². The lowest BCUT2D eigenvalue weighted by Gasteiger charge is -2.08. The number of rotatable bonds is 1. The van der Waals surface area contributed by atoms with Crippen LogP contribution >= 0.6 is 35.3 Å². The molecule has 2 heterocycles. The standard InChI is InChI=1S/C9H7NOS3/c11-9(10-5-12)8-3-6-4-13-2-1-7(6)14-8/h3H,1-2,4H2. The number of carbonyl (C=O) groups is 1. The van der Waals surface area contributed by atoms with E-state index in [9.17, 15) is 4.79 Å². The average Bonchev–Trinajstić information content (AvgIpc) is 2.61. The lowest BCUT2D eigenvalue weighted by atomic mass is 10.2. The van der Waals surface area contributed by atoms with Gasteiger partial charge in [-0.1, -0.05) is 0 Å². The van der Waals surface area contributed by atoms with Crippen LogP contribution in [0.5, 0.6) is 0 Å². The largest absolute Gasteiger partial charge is 0.295 e. The number of isothiocyanates is 1. The van der Waals surface area contributed by atoms with Crippen LogP contribution in [0.2, 0.25) is 0 Å². The molecule has 0 N–H and O–H groups in total. The first-order valence-electron chi connectivity index (χ1n) is 4.13. The van der Waals surface area contributed by atoms with E-state index in [1.54, 1.807) is 11.3 Å². The number of aryl methyl sites for hydroxylation is 1. The molecule has 0 unspecified atom stereocenters. The van der Waals surface area contributed by atoms with Crippen molar-refractivity contribution in [3.8, 4) is 0 Å². The fourth-order valence-electron chi connectivity index (χ4n) is 1.35. The summed E-state index contributed by atoms with van der Waals surface area (Å²) in [7, 11) is 0. The van der Waals surface area contributed by atoms with Gasteiger partial charge in [0.25, 0.3) is 5.91 Å². The summed E-state index contributed by atoms with van der Waals surface area (Å²) >= 11 is 7.85. The second kappa shape index (κ2) is 4.36. The van der Waals surface area contributed by atoms with Crippen LogP contribution in [0, 0.1) is 0 Å². The lowest BCUT2D eigenvalue weighted by molar-refractivity contribution is 0.101. The molecule has 0 atom stereocenters. The molecular weight excluding hydrogens is 234 g/mol. The Hall–Kier alpha value is -0.480. The van der Waals surface area contributed by atoms with Gasteiger partial charge in [0.1, 0.15) is 0 Å². The summed E-state index contributed by atoms with van der Waals surface area (Å²) in [4.78, 5) is 16.9. The van der Waals surface area contributed by atoms with E-state index in [0.717, 1.165) is 17.9 Å². The molecule has 0 saturated heterocycles. The first-order valence-corrected chi connectivity index (χ1v) is 6.50. The molecule has 72 valence electrons. The highest BCUT2D eigenvalue weighted by Crippen LogP contribution is 2.31. The molecule has 1 aromatic rings. The van der Waals surface area contributed by atoms with Crippen molar-refractivity contribution < 1.29 is 4.79 Å². The molecular formula is C9H7NOS3. The van der Waals surface area contributed by atoms with Gasteiger partial charge in [-0.2, -0.15) is 16.8 Å². The fraction of sp³-hybridized carbons (Fsp3) is 0.333. The first kappa shape index (κ1) is 10.1. The van der Waals surface area contributed by atoms with E-state index < -0.39 is 0 Å². The van der Waals surface area contributed by atoms with Gasteiger partial charge < -0.3 is 0 Å². The molecule has 1 amide bonds. The number of thioether (sulfide) groups is 1. The first-order chi connectivity index (χ1) is 6.81. The minimum atomic E-state index is -0.260. The number of thiocarbonyl (C=S) groups is 1. The molecule has 1 aliphatic heterocycles. The Balaban J connectivity index is 2.32. The maximum atomic E-state index is 11.4. The van der Waals surface area contributed by atoms with E-state index in [2.05, 4.69) is 22.4 Å². The van der Waals surface area contributed by atoms with E-state index in [4.69, 9.17) is 0 Å². The molecule has 2 rings (SSSR count). The number of carbonyl (C=O) groups excluding carboxylic acids is 1. The second-order valence-electron chi connectivity index (χ2n) is 2.87. The van der Waals surface area contributed by atoms with E-state index in [1.807, 2.05) is 17.8 Å². The van der Waals surface area contributed by atoms with Crippen molar-refractivity contribution in [3.63, 3.8) is 0 Å². The SMILES string of the molecule is O=C(N=C=S)c1cc2c(s1)CCSC2. The second-order valence-corrected chi connectivity index (χ2v) is 5.29. The van der Waals surface area contributed by atoms with Crippen LogP contribution in [0.4, 0.5) is 0 Å². The molecule has 0 fully saturated rings. The van der Waals surface area contributed by atoms with Gasteiger partial charge in [0, 0.05) is 10.6 Å². The van der Waals surface area contributed by atoms with Crippen LogP contribution in [0.25, 0.3) is 0 Å². The molecule has 1 aliphatic rings. The third-order valence-electron chi connectivity index (χ3n) is 1.99.